The fraction of sp³-hybridized carbons (Fsp3) is 1.00. The molecule has 1 fully saturated rings. The molecule has 3 atom stereocenters. The van der Waals surface area contributed by atoms with E-state index in [1.165, 1.54) is 12.8 Å². The van der Waals surface area contributed by atoms with Crippen molar-refractivity contribution >= 4 is 0 Å². The molecule has 1 saturated carbocycles. The van der Waals surface area contributed by atoms with Gasteiger partial charge in [-0.2, -0.15) is 0 Å². The van der Waals surface area contributed by atoms with Gasteiger partial charge in [0.25, 0.3) is 0 Å². The topological polar surface area (TPSA) is 26.0 Å². The average molecular weight is 183 g/mol. The fourth-order valence-corrected chi connectivity index (χ4v) is 2.96. The highest BCUT2D eigenvalue weighted by molar-refractivity contribution is 4.92. The van der Waals surface area contributed by atoms with Crippen LogP contribution in [0.1, 0.15) is 47.5 Å². The van der Waals surface area contributed by atoms with Crippen molar-refractivity contribution < 1.29 is 0 Å². The Morgan fingerprint density at radius 1 is 1.23 bits per heavy atom. The first-order valence-corrected chi connectivity index (χ1v) is 5.59. The van der Waals surface area contributed by atoms with Crippen molar-refractivity contribution in [3.05, 3.63) is 0 Å². The molecule has 0 aromatic rings. The van der Waals surface area contributed by atoms with Gasteiger partial charge in [0.1, 0.15) is 0 Å². The quantitative estimate of drug-likeness (QED) is 0.699. The Bertz CT molecular complexity index is 172. The summed E-state index contributed by atoms with van der Waals surface area (Å²) in [7, 11) is 0. The molecule has 0 bridgehead atoms. The van der Waals surface area contributed by atoms with Crippen LogP contribution in [-0.4, -0.2) is 6.04 Å². The number of rotatable bonds is 2. The Labute approximate surface area is 83.1 Å². The van der Waals surface area contributed by atoms with Crippen LogP contribution < -0.4 is 5.73 Å². The Balaban J connectivity index is 2.62. The molecule has 13 heavy (non-hydrogen) atoms. The molecule has 78 valence electrons. The van der Waals surface area contributed by atoms with Gasteiger partial charge in [0, 0.05) is 6.04 Å². The van der Waals surface area contributed by atoms with Gasteiger partial charge in [-0.25, -0.2) is 0 Å². The van der Waals surface area contributed by atoms with E-state index in [9.17, 15) is 0 Å². The molecule has 1 aliphatic rings. The number of hydrogen-bond donors (Lipinski definition) is 1. The van der Waals surface area contributed by atoms with Gasteiger partial charge in [-0.1, -0.05) is 34.6 Å². The maximum absolute atomic E-state index is 6.23. The minimum Gasteiger partial charge on any atom is -0.327 e. The molecule has 0 aromatic carbocycles. The van der Waals surface area contributed by atoms with Crippen LogP contribution in [0.3, 0.4) is 0 Å². The van der Waals surface area contributed by atoms with E-state index in [-0.39, 0.29) is 0 Å². The van der Waals surface area contributed by atoms with Gasteiger partial charge in [0.2, 0.25) is 0 Å². The first kappa shape index (κ1) is 11.0. The highest BCUT2D eigenvalue weighted by Crippen LogP contribution is 2.46. The first-order chi connectivity index (χ1) is 5.83. The van der Waals surface area contributed by atoms with Crippen molar-refractivity contribution in [1.29, 1.82) is 0 Å². The molecule has 0 amide bonds. The summed E-state index contributed by atoms with van der Waals surface area (Å²) in [4.78, 5) is 0. The second-order valence-corrected chi connectivity index (χ2v) is 6.03. The van der Waals surface area contributed by atoms with E-state index in [4.69, 9.17) is 5.73 Å². The van der Waals surface area contributed by atoms with Gasteiger partial charge >= 0.3 is 0 Å². The highest BCUT2D eigenvalue weighted by atomic mass is 14.7. The van der Waals surface area contributed by atoms with Crippen LogP contribution in [0.2, 0.25) is 0 Å². The van der Waals surface area contributed by atoms with Crippen molar-refractivity contribution in [3.63, 3.8) is 0 Å². The van der Waals surface area contributed by atoms with Gasteiger partial charge < -0.3 is 5.73 Å². The van der Waals surface area contributed by atoms with Crippen LogP contribution in [0.4, 0.5) is 0 Å². The molecule has 0 aliphatic heterocycles. The summed E-state index contributed by atoms with van der Waals surface area (Å²) in [6.45, 7) is 11.6. The van der Waals surface area contributed by atoms with E-state index in [1.54, 1.807) is 0 Å². The summed E-state index contributed by atoms with van der Waals surface area (Å²) in [5, 5.41) is 0. The molecule has 0 aromatic heterocycles. The van der Waals surface area contributed by atoms with Crippen molar-refractivity contribution in [2.24, 2.45) is 28.9 Å². The Hall–Kier alpha value is -0.0400. The molecule has 1 nitrogen and oxygen atoms in total. The van der Waals surface area contributed by atoms with E-state index in [0.29, 0.717) is 17.4 Å². The maximum atomic E-state index is 6.23. The lowest BCUT2D eigenvalue weighted by molar-refractivity contribution is 0.279. The molecule has 0 saturated heterocycles. The molecule has 1 heteroatoms. The lowest BCUT2D eigenvalue weighted by atomic mass is 9.83. The van der Waals surface area contributed by atoms with E-state index >= 15 is 0 Å². The van der Waals surface area contributed by atoms with E-state index in [1.807, 2.05) is 0 Å². The van der Waals surface area contributed by atoms with Crippen LogP contribution >= 0.6 is 0 Å². The van der Waals surface area contributed by atoms with Crippen LogP contribution in [-0.2, 0) is 0 Å². The highest BCUT2D eigenvalue weighted by Gasteiger charge is 2.39. The summed E-state index contributed by atoms with van der Waals surface area (Å²) < 4.78 is 0. The fourth-order valence-electron chi connectivity index (χ4n) is 2.96. The van der Waals surface area contributed by atoms with E-state index < -0.39 is 0 Å². The first-order valence-electron chi connectivity index (χ1n) is 5.59. The molecule has 3 unspecified atom stereocenters. The zero-order chi connectivity index (χ0) is 10.2. The SMILES string of the molecule is CC(C)C(N)C1CC(C)(C)CC1C. The van der Waals surface area contributed by atoms with Gasteiger partial charge in [0.05, 0.1) is 0 Å². The molecular weight excluding hydrogens is 158 g/mol. The van der Waals surface area contributed by atoms with Crippen molar-refractivity contribution in [2.75, 3.05) is 0 Å². The predicted molar refractivity (Wildman–Crippen MR) is 58.5 cm³/mol. The Kier molecular flexibility index (Phi) is 3.06. The number of nitrogens with two attached hydrogens (primary N) is 1. The lowest BCUT2D eigenvalue weighted by Crippen LogP contribution is -2.36. The maximum Gasteiger partial charge on any atom is 0.00931 e. The lowest BCUT2D eigenvalue weighted by Gasteiger charge is -2.27. The van der Waals surface area contributed by atoms with Crippen LogP contribution in [0.25, 0.3) is 0 Å². The standard InChI is InChI=1S/C12H25N/c1-8(2)11(13)10-7-12(4,5)6-9(10)3/h8-11H,6-7,13H2,1-5H3. The van der Waals surface area contributed by atoms with Gasteiger partial charge in [0.15, 0.2) is 0 Å². The second kappa shape index (κ2) is 3.61. The third-order valence-corrected chi connectivity index (χ3v) is 3.66. The normalized spacial score (nSPS) is 35.3. The van der Waals surface area contributed by atoms with Crippen molar-refractivity contribution in [3.8, 4) is 0 Å². The monoisotopic (exact) mass is 183 g/mol. The summed E-state index contributed by atoms with van der Waals surface area (Å²) in [6, 6.07) is 0.400. The summed E-state index contributed by atoms with van der Waals surface area (Å²) >= 11 is 0. The summed E-state index contributed by atoms with van der Waals surface area (Å²) in [6.07, 6.45) is 2.66. The molecule has 0 heterocycles. The smallest absolute Gasteiger partial charge is 0.00931 e. The van der Waals surface area contributed by atoms with Crippen molar-refractivity contribution in [1.82, 2.24) is 0 Å². The third-order valence-electron chi connectivity index (χ3n) is 3.66. The predicted octanol–water partition coefficient (Wildman–Crippen LogP) is 3.04. The molecule has 1 aliphatic carbocycles. The van der Waals surface area contributed by atoms with Crippen molar-refractivity contribution in [2.45, 2.75) is 53.5 Å². The molecule has 0 spiro atoms. The van der Waals surface area contributed by atoms with E-state index in [0.717, 1.165) is 11.8 Å². The molecule has 0 radical (unpaired) electrons. The minimum atomic E-state index is 0.400. The Morgan fingerprint density at radius 2 is 1.77 bits per heavy atom. The van der Waals surface area contributed by atoms with Gasteiger partial charge in [-0.15, -0.1) is 0 Å². The zero-order valence-electron chi connectivity index (χ0n) is 9.80. The molecular formula is C12H25N. The third kappa shape index (κ3) is 2.46. The average Bonchev–Trinajstić information content (AvgIpc) is 2.22. The molecule has 2 N–H and O–H groups in total. The largest absolute Gasteiger partial charge is 0.327 e. The molecule has 1 rings (SSSR count). The van der Waals surface area contributed by atoms with Crippen LogP contribution in [0.15, 0.2) is 0 Å². The minimum absolute atomic E-state index is 0.400. The summed E-state index contributed by atoms with van der Waals surface area (Å²) in [5.41, 5.74) is 6.76. The Morgan fingerprint density at radius 3 is 2.08 bits per heavy atom. The zero-order valence-corrected chi connectivity index (χ0v) is 9.80. The van der Waals surface area contributed by atoms with Crippen LogP contribution in [0, 0.1) is 23.2 Å². The van der Waals surface area contributed by atoms with Crippen LogP contribution in [0.5, 0.6) is 0 Å². The van der Waals surface area contributed by atoms with E-state index in [2.05, 4.69) is 34.6 Å². The number of hydrogen-bond acceptors (Lipinski definition) is 1. The second-order valence-electron chi connectivity index (χ2n) is 6.03. The summed E-state index contributed by atoms with van der Waals surface area (Å²) in [5.74, 6) is 2.18. The van der Waals surface area contributed by atoms with Gasteiger partial charge in [-0.05, 0) is 36.0 Å². The van der Waals surface area contributed by atoms with Gasteiger partial charge in [-0.3, -0.25) is 0 Å².